The normalized spacial score (nSPS) is 19.9. The molecule has 3 nitrogen and oxygen atoms in total. The van der Waals surface area contributed by atoms with Crippen LogP contribution in [0.4, 0.5) is 4.39 Å². The van der Waals surface area contributed by atoms with Gasteiger partial charge in [0.05, 0.1) is 17.9 Å². The Hall–Kier alpha value is -1.39. The van der Waals surface area contributed by atoms with Gasteiger partial charge in [-0.2, -0.15) is 0 Å². The van der Waals surface area contributed by atoms with Crippen LogP contribution in [-0.4, -0.2) is 16.5 Å². The van der Waals surface area contributed by atoms with Crippen LogP contribution in [0.15, 0.2) is 30.5 Å². The van der Waals surface area contributed by atoms with E-state index in [-0.39, 0.29) is 18.2 Å². The Morgan fingerprint density at radius 1 is 0.964 bits per heavy atom. The van der Waals surface area contributed by atoms with Gasteiger partial charge >= 0.3 is 0 Å². The number of benzene rings is 1. The lowest BCUT2D eigenvalue weighted by atomic mass is 9.83. The fourth-order valence-electron chi connectivity index (χ4n) is 4.91. The second-order valence-electron chi connectivity index (χ2n) is 8.48. The molecule has 0 amide bonds. The highest BCUT2D eigenvalue weighted by atomic mass is 35.5. The molecular weight excluding hydrogens is 373 g/mol. The largest absolute Gasteiger partial charge is 0.341 e. The first-order valence-electron chi connectivity index (χ1n) is 10.8. The first-order chi connectivity index (χ1) is 13.3. The SMILES string of the molecule is Cl.Fc1ccc(-c2cnc([C@@H](NCC3CCCCC3)C3CCCCC3)[nH]2)cc1. The zero-order chi connectivity index (χ0) is 18.5. The molecule has 2 aromatic rings. The van der Waals surface area contributed by atoms with Crippen LogP contribution < -0.4 is 5.32 Å². The molecule has 0 unspecified atom stereocenters. The summed E-state index contributed by atoms with van der Waals surface area (Å²) in [6, 6.07) is 6.96. The van der Waals surface area contributed by atoms with Crippen molar-refractivity contribution in [3.05, 3.63) is 42.1 Å². The molecule has 1 atom stereocenters. The van der Waals surface area contributed by atoms with E-state index in [1.807, 2.05) is 18.3 Å². The van der Waals surface area contributed by atoms with Crippen molar-refractivity contribution < 1.29 is 4.39 Å². The van der Waals surface area contributed by atoms with E-state index in [9.17, 15) is 4.39 Å². The van der Waals surface area contributed by atoms with E-state index in [0.29, 0.717) is 12.0 Å². The van der Waals surface area contributed by atoms with Crippen LogP contribution in [0.1, 0.15) is 76.1 Å². The lowest BCUT2D eigenvalue weighted by Gasteiger charge is -2.32. The third kappa shape index (κ3) is 5.36. The maximum absolute atomic E-state index is 13.2. The van der Waals surface area contributed by atoms with E-state index in [4.69, 9.17) is 4.98 Å². The molecule has 1 aromatic carbocycles. The third-order valence-corrected chi connectivity index (χ3v) is 6.52. The van der Waals surface area contributed by atoms with Crippen molar-refractivity contribution in [2.24, 2.45) is 11.8 Å². The number of H-pyrrole nitrogens is 1. The first kappa shape index (κ1) is 21.3. The molecular formula is C23H33ClFN3. The summed E-state index contributed by atoms with van der Waals surface area (Å²) in [6.07, 6.45) is 15.4. The average molecular weight is 406 g/mol. The lowest BCUT2D eigenvalue weighted by molar-refractivity contribution is 0.242. The van der Waals surface area contributed by atoms with Crippen LogP contribution >= 0.6 is 12.4 Å². The monoisotopic (exact) mass is 405 g/mol. The molecule has 2 saturated carbocycles. The van der Waals surface area contributed by atoms with Crippen molar-refractivity contribution >= 4 is 12.4 Å². The number of rotatable bonds is 6. The molecule has 0 radical (unpaired) electrons. The minimum atomic E-state index is -0.201. The topological polar surface area (TPSA) is 40.7 Å². The number of imidazole rings is 1. The number of hydrogen-bond acceptors (Lipinski definition) is 2. The second-order valence-corrected chi connectivity index (χ2v) is 8.48. The van der Waals surface area contributed by atoms with E-state index < -0.39 is 0 Å². The van der Waals surface area contributed by atoms with Gasteiger partial charge in [-0.15, -0.1) is 12.4 Å². The highest BCUT2D eigenvalue weighted by Gasteiger charge is 2.28. The average Bonchev–Trinajstić information content (AvgIpc) is 3.20. The molecule has 2 aliphatic rings. The molecule has 0 saturated heterocycles. The summed E-state index contributed by atoms with van der Waals surface area (Å²) < 4.78 is 13.2. The summed E-state index contributed by atoms with van der Waals surface area (Å²) in [6.45, 7) is 1.10. The van der Waals surface area contributed by atoms with Gasteiger partial charge in [-0.05, 0) is 73.9 Å². The van der Waals surface area contributed by atoms with E-state index in [2.05, 4.69) is 10.3 Å². The number of halogens is 2. The molecule has 0 bridgehead atoms. The summed E-state index contributed by atoms with van der Waals surface area (Å²) in [5, 5.41) is 3.90. The zero-order valence-corrected chi connectivity index (χ0v) is 17.4. The molecule has 1 heterocycles. The van der Waals surface area contributed by atoms with Gasteiger partial charge in [0.25, 0.3) is 0 Å². The maximum atomic E-state index is 13.2. The number of hydrogen-bond donors (Lipinski definition) is 2. The van der Waals surface area contributed by atoms with E-state index in [0.717, 1.165) is 29.5 Å². The van der Waals surface area contributed by atoms with Crippen molar-refractivity contribution in [3.8, 4) is 11.3 Å². The van der Waals surface area contributed by atoms with Crippen LogP contribution in [-0.2, 0) is 0 Å². The third-order valence-electron chi connectivity index (χ3n) is 6.52. The number of nitrogens with zero attached hydrogens (tertiary/aromatic N) is 1. The quantitative estimate of drug-likeness (QED) is 0.581. The van der Waals surface area contributed by atoms with Gasteiger partial charge in [-0.1, -0.05) is 38.5 Å². The first-order valence-corrected chi connectivity index (χ1v) is 10.8. The molecule has 2 aliphatic carbocycles. The Kier molecular flexibility index (Phi) is 7.92. The zero-order valence-electron chi connectivity index (χ0n) is 16.6. The van der Waals surface area contributed by atoms with Crippen molar-refractivity contribution in [2.75, 3.05) is 6.54 Å². The molecule has 0 aliphatic heterocycles. The highest BCUT2D eigenvalue weighted by molar-refractivity contribution is 5.85. The standard InChI is InChI=1S/C23H32FN3.ClH/c24-20-13-11-18(12-14-20)21-16-26-23(27-21)22(19-9-5-2-6-10-19)25-15-17-7-3-1-4-8-17;/h11-14,16-17,19,22,25H,1-10,15H2,(H,26,27);1H/t22-;/m0./s1. The Labute approximate surface area is 174 Å². The van der Waals surface area contributed by atoms with Gasteiger partial charge in [0.1, 0.15) is 11.6 Å². The lowest BCUT2D eigenvalue weighted by Crippen LogP contribution is -2.34. The Balaban J connectivity index is 0.00000225. The van der Waals surface area contributed by atoms with Crippen LogP contribution in [0.2, 0.25) is 0 Å². The Bertz CT molecular complexity index is 703. The van der Waals surface area contributed by atoms with Crippen LogP contribution in [0.3, 0.4) is 0 Å². The van der Waals surface area contributed by atoms with Crippen LogP contribution in [0.25, 0.3) is 11.3 Å². The number of aromatic nitrogens is 2. The van der Waals surface area contributed by atoms with Crippen molar-refractivity contribution in [1.82, 2.24) is 15.3 Å². The molecule has 154 valence electrons. The summed E-state index contributed by atoms with van der Waals surface area (Å²) in [7, 11) is 0. The highest BCUT2D eigenvalue weighted by Crippen LogP contribution is 2.35. The van der Waals surface area contributed by atoms with Crippen LogP contribution in [0, 0.1) is 17.7 Å². The minimum absolute atomic E-state index is 0. The van der Waals surface area contributed by atoms with Gasteiger partial charge in [0.2, 0.25) is 0 Å². The van der Waals surface area contributed by atoms with Crippen molar-refractivity contribution in [3.63, 3.8) is 0 Å². The van der Waals surface area contributed by atoms with E-state index in [1.54, 1.807) is 0 Å². The maximum Gasteiger partial charge on any atom is 0.123 e. The molecule has 5 heteroatoms. The van der Waals surface area contributed by atoms with Gasteiger partial charge in [0, 0.05) is 0 Å². The summed E-state index contributed by atoms with van der Waals surface area (Å²) in [5.41, 5.74) is 1.97. The summed E-state index contributed by atoms with van der Waals surface area (Å²) in [4.78, 5) is 8.28. The van der Waals surface area contributed by atoms with E-state index in [1.165, 1.54) is 76.3 Å². The Morgan fingerprint density at radius 2 is 1.61 bits per heavy atom. The minimum Gasteiger partial charge on any atom is -0.341 e. The van der Waals surface area contributed by atoms with Gasteiger partial charge in [0.15, 0.2) is 0 Å². The molecule has 2 fully saturated rings. The fourth-order valence-corrected chi connectivity index (χ4v) is 4.91. The van der Waals surface area contributed by atoms with E-state index >= 15 is 0 Å². The number of nitrogens with one attached hydrogen (secondary N) is 2. The fraction of sp³-hybridized carbons (Fsp3) is 0.609. The smallest absolute Gasteiger partial charge is 0.123 e. The molecule has 2 N–H and O–H groups in total. The molecule has 4 rings (SSSR count). The summed E-state index contributed by atoms with van der Waals surface area (Å²) in [5.74, 6) is 2.33. The Morgan fingerprint density at radius 3 is 2.29 bits per heavy atom. The summed E-state index contributed by atoms with van der Waals surface area (Å²) >= 11 is 0. The van der Waals surface area contributed by atoms with Crippen molar-refractivity contribution in [2.45, 2.75) is 70.3 Å². The van der Waals surface area contributed by atoms with Gasteiger partial charge in [-0.25, -0.2) is 9.37 Å². The van der Waals surface area contributed by atoms with Crippen molar-refractivity contribution in [1.29, 1.82) is 0 Å². The van der Waals surface area contributed by atoms with Crippen LogP contribution in [0.5, 0.6) is 0 Å². The van der Waals surface area contributed by atoms with Gasteiger partial charge < -0.3 is 10.3 Å². The molecule has 1 aromatic heterocycles. The second kappa shape index (κ2) is 10.4. The molecule has 0 spiro atoms. The van der Waals surface area contributed by atoms with Gasteiger partial charge in [-0.3, -0.25) is 0 Å². The predicted molar refractivity (Wildman–Crippen MR) is 115 cm³/mol. The number of aromatic amines is 1. The predicted octanol–water partition coefficient (Wildman–Crippen LogP) is 6.43. The molecule has 28 heavy (non-hydrogen) atoms.